The molecule has 5 heteroatoms. The van der Waals surface area contributed by atoms with Gasteiger partial charge in [0.25, 0.3) is 0 Å². The van der Waals surface area contributed by atoms with E-state index in [-0.39, 0.29) is 28.1 Å². The number of fused-ring (bicyclic) bond motifs is 4. The predicted molar refractivity (Wildman–Crippen MR) is 107 cm³/mol. The van der Waals surface area contributed by atoms with E-state index in [0.29, 0.717) is 0 Å². The molecular formula is C24H26F2O3. The Morgan fingerprint density at radius 3 is 1.72 bits per heavy atom. The minimum Gasteiger partial charge on any atom is -0.494 e. The molecule has 0 N–H and O–H groups in total. The minimum absolute atomic E-state index is 0.0614. The Hall–Kier alpha value is -2.43. The van der Waals surface area contributed by atoms with Crippen molar-refractivity contribution in [2.24, 2.45) is 0 Å². The maximum absolute atomic E-state index is 14.7. The molecule has 4 rings (SSSR count). The molecule has 0 amide bonds. The van der Waals surface area contributed by atoms with E-state index in [4.69, 9.17) is 9.47 Å². The lowest BCUT2D eigenvalue weighted by Gasteiger charge is -2.30. The van der Waals surface area contributed by atoms with E-state index >= 15 is 0 Å². The molecule has 2 aromatic carbocycles. The zero-order valence-electron chi connectivity index (χ0n) is 17.7. The van der Waals surface area contributed by atoms with Crippen molar-refractivity contribution < 1.29 is 23.0 Å². The number of hydrogen-bond donors (Lipinski definition) is 0. The van der Waals surface area contributed by atoms with Crippen LogP contribution in [-0.4, -0.2) is 13.1 Å². The second-order valence-corrected chi connectivity index (χ2v) is 9.66. The normalized spacial score (nSPS) is 23.0. The van der Waals surface area contributed by atoms with Gasteiger partial charge in [0.1, 0.15) is 0 Å². The van der Waals surface area contributed by atoms with Gasteiger partial charge in [0.2, 0.25) is 0 Å². The summed E-state index contributed by atoms with van der Waals surface area (Å²) in [4.78, 5) is 11.5. The van der Waals surface area contributed by atoms with Crippen molar-refractivity contribution in [2.75, 3.05) is 7.11 Å². The average molecular weight is 400 g/mol. The third-order valence-electron chi connectivity index (χ3n) is 6.59. The summed E-state index contributed by atoms with van der Waals surface area (Å²) in [5.74, 6) is -1.35. The van der Waals surface area contributed by atoms with Crippen molar-refractivity contribution in [3.05, 3.63) is 58.2 Å². The Kier molecular flexibility index (Phi) is 4.14. The second-order valence-electron chi connectivity index (χ2n) is 9.66. The molecule has 0 bridgehead atoms. The summed E-state index contributed by atoms with van der Waals surface area (Å²) in [6.45, 7) is 9.66. The molecule has 0 radical (unpaired) electrons. The van der Waals surface area contributed by atoms with Crippen LogP contribution in [0.5, 0.6) is 11.5 Å². The van der Waals surface area contributed by atoms with Crippen LogP contribution in [0.2, 0.25) is 0 Å². The van der Waals surface area contributed by atoms with Gasteiger partial charge in [-0.3, -0.25) is 4.79 Å². The van der Waals surface area contributed by atoms with Crippen LogP contribution in [0, 0.1) is 11.6 Å². The van der Waals surface area contributed by atoms with Gasteiger partial charge in [-0.15, -0.1) is 0 Å². The van der Waals surface area contributed by atoms with Crippen molar-refractivity contribution >= 4 is 5.97 Å². The van der Waals surface area contributed by atoms with E-state index in [2.05, 4.69) is 27.7 Å². The van der Waals surface area contributed by atoms with E-state index in [1.54, 1.807) is 18.2 Å². The molecule has 1 spiro atoms. The van der Waals surface area contributed by atoms with Gasteiger partial charge in [-0.05, 0) is 70.2 Å². The number of rotatable bonds is 2. The summed E-state index contributed by atoms with van der Waals surface area (Å²) in [5, 5.41) is 0. The quantitative estimate of drug-likeness (QED) is 0.490. The fourth-order valence-corrected chi connectivity index (χ4v) is 5.70. The van der Waals surface area contributed by atoms with Crippen LogP contribution in [0.1, 0.15) is 69.7 Å². The Bertz CT molecular complexity index is 1030. The predicted octanol–water partition coefficient (Wildman–Crippen LogP) is 5.55. The average Bonchev–Trinajstić information content (AvgIpc) is 2.94. The largest absolute Gasteiger partial charge is 0.494 e. The first-order chi connectivity index (χ1) is 13.4. The number of ether oxygens (including phenoxy) is 2. The number of carbonyl (C=O) groups is 1. The fourth-order valence-electron chi connectivity index (χ4n) is 5.70. The third-order valence-corrected chi connectivity index (χ3v) is 6.59. The van der Waals surface area contributed by atoms with E-state index in [1.807, 2.05) is 0 Å². The SMILES string of the molecule is COc1cc2c(cc1F)C(C)(C)CC21CC(C)(C)c2cc(F)c(OC(C)=O)cc21. The number of halogens is 2. The van der Waals surface area contributed by atoms with E-state index in [0.717, 1.165) is 35.1 Å². The summed E-state index contributed by atoms with van der Waals surface area (Å²) in [6.07, 6.45) is 1.51. The summed E-state index contributed by atoms with van der Waals surface area (Å²) >= 11 is 0. The lowest BCUT2D eigenvalue weighted by atomic mass is 9.72. The molecule has 0 fully saturated rings. The summed E-state index contributed by atoms with van der Waals surface area (Å²) in [7, 11) is 1.46. The summed E-state index contributed by atoms with van der Waals surface area (Å²) < 4.78 is 39.7. The first-order valence-electron chi connectivity index (χ1n) is 9.83. The number of benzene rings is 2. The fraction of sp³-hybridized carbons (Fsp3) is 0.458. The van der Waals surface area contributed by atoms with Crippen LogP contribution < -0.4 is 9.47 Å². The van der Waals surface area contributed by atoms with Gasteiger partial charge in [-0.25, -0.2) is 8.78 Å². The molecule has 0 saturated heterocycles. The van der Waals surface area contributed by atoms with Crippen molar-refractivity contribution in [1.82, 2.24) is 0 Å². The highest BCUT2D eigenvalue weighted by molar-refractivity contribution is 5.70. The van der Waals surface area contributed by atoms with Gasteiger partial charge in [0.15, 0.2) is 23.1 Å². The topological polar surface area (TPSA) is 35.5 Å². The zero-order valence-corrected chi connectivity index (χ0v) is 17.7. The second kappa shape index (κ2) is 6.04. The number of hydrogen-bond acceptors (Lipinski definition) is 3. The molecule has 1 atom stereocenters. The standard InChI is InChI=1S/C24H26F2O3/c1-13(27)29-21-10-17-15(8-19(21)26)23(4,5)12-24(17)11-22(2,3)14-7-18(25)20(28-6)9-16(14)24/h7-10H,11-12H2,1-6H3. The van der Waals surface area contributed by atoms with Crippen molar-refractivity contribution in [2.45, 2.75) is 63.7 Å². The maximum atomic E-state index is 14.7. The van der Waals surface area contributed by atoms with E-state index in [1.165, 1.54) is 20.1 Å². The van der Waals surface area contributed by atoms with Crippen LogP contribution in [-0.2, 0) is 21.0 Å². The highest BCUT2D eigenvalue weighted by atomic mass is 19.1. The van der Waals surface area contributed by atoms with Crippen LogP contribution in [0.15, 0.2) is 24.3 Å². The molecule has 2 aliphatic rings. The summed E-state index contributed by atoms with van der Waals surface area (Å²) in [5.41, 5.74) is 2.81. The maximum Gasteiger partial charge on any atom is 0.308 e. The van der Waals surface area contributed by atoms with Crippen LogP contribution in [0.3, 0.4) is 0 Å². The molecule has 2 aliphatic carbocycles. The van der Waals surface area contributed by atoms with Gasteiger partial charge < -0.3 is 9.47 Å². The van der Waals surface area contributed by atoms with Crippen LogP contribution >= 0.6 is 0 Å². The van der Waals surface area contributed by atoms with Crippen molar-refractivity contribution in [1.29, 1.82) is 0 Å². The summed E-state index contributed by atoms with van der Waals surface area (Å²) in [6, 6.07) is 6.53. The number of methoxy groups -OCH3 is 1. The van der Waals surface area contributed by atoms with Gasteiger partial charge >= 0.3 is 5.97 Å². The molecule has 0 aliphatic heterocycles. The lowest BCUT2D eigenvalue weighted by molar-refractivity contribution is -0.132. The molecule has 3 nitrogen and oxygen atoms in total. The Morgan fingerprint density at radius 1 is 0.828 bits per heavy atom. The monoisotopic (exact) mass is 400 g/mol. The van der Waals surface area contributed by atoms with E-state index in [9.17, 15) is 13.6 Å². The first-order valence-corrected chi connectivity index (χ1v) is 9.83. The smallest absolute Gasteiger partial charge is 0.308 e. The molecular weight excluding hydrogens is 374 g/mol. The minimum atomic E-state index is -0.564. The molecule has 29 heavy (non-hydrogen) atoms. The molecule has 1 unspecified atom stereocenters. The molecule has 2 aromatic rings. The number of esters is 1. The number of carbonyl (C=O) groups excluding carboxylic acids is 1. The van der Waals surface area contributed by atoms with Crippen LogP contribution in [0.4, 0.5) is 8.78 Å². The zero-order chi connectivity index (χ0) is 21.4. The van der Waals surface area contributed by atoms with Gasteiger partial charge in [-0.1, -0.05) is 27.7 Å². The molecule has 0 heterocycles. The Morgan fingerprint density at radius 2 is 1.28 bits per heavy atom. The van der Waals surface area contributed by atoms with Gasteiger partial charge in [0, 0.05) is 12.3 Å². The first kappa shape index (κ1) is 19.9. The van der Waals surface area contributed by atoms with Crippen molar-refractivity contribution in [3.63, 3.8) is 0 Å². The molecule has 154 valence electrons. The van der Waals surface area contributed by atoms with Crippen LogP contribution in [0.25, 0.3) is 0 Å². The third kappa shape index (κ3) is 2.77. The Balaban J connectivity index is 2.02. The molecule has 0 aromatic heterocycles. The van der Waals surface area contributed by atoms with E-state index < -0.39 is 17.2 Å². The lowest BCUT2D eigenvalue weighted by Crippen LogP contribution is -2.27. The van der Waals surface area contributed by atoms with Gasteiger partial charge in [0.05, 0.1) is 7.11 Å². The highest BCUT2D eigenvalue weighted by Gasteiger charge is 2.57. The van der Waals surface area contributed by atoms with Gasteiger partial charge in [-0.2, -0.15) is 0 Å². The van der Waals surface area contributed by atoms with Crippen molar-refractivity contribution in [3.8, 4) is 11.5 Å². The molecule has 0 saturated carbocycles. The highest BCUT2D eigenvalue weighted by Crippen LogP contribution is 2.63. The Labute approximate surface area is 170 Å².